The number of Topliss-reactive ketones (excluding diaryl/α,β-unsaturated/α-hetero) is 1. The third kappa shape index (κ3) is 5.13. The van der Waals surface area contributed by atoms with E-state index in [2.05, 4.69) is 4.98 Å². The summed E-state index contributed by atoms with van der Waals surface area (Å²) in [6.07, 6.45) is 4.09. The molecule has 0 aliphatic heterocycles. The Morgan fingerprint density at radius 1 is 1.25 bits per heavy atom. The van der Waals surface area contributed by atoms with Crippen molar-refractivity contribution in [3.63, 3.8) is 0 Å². The molecule has 0 unspecified atom stereocenters. The van der Waals surface area contributed by atoms with Crippen LogP contribution in [0.25, 0.3) is 17.2 Å². The fourth-order valence-corrected chi connectivity index (χ4v) is 2.82. The number of hydrogen-bond donors (Lipinski definition) is 1. The number of hydrogen-bond acceptors (Lipinski definition) is 5. The summed E-state index contributed by atoms with van der Waals surface area (Å²) in [5.74, 6) is -2.60. The average Bonchev–Trinajstić information content (AvgIpc) is 2.92. The number of ether oxygens (including phenoxy) is 1. The van der Waals surface area contributed by atoms with Crippen molar-refractivity contribution in [2.75, 3.05) is 6.61 Å². The molecule has 0 radical (unpaired) electrons. The maximum atomic E-state index is 12.6. The Bertz CT molecular complexity index is 1040. The van der Waals surface area contributed by atoms with Crippen molar-refractivity contribution in [3.05, 3.63) is 45.8 Å². The molecule has 0 saturated heterocycles. The lowest BCUT2D eigenvalue weighted by atomic mass is 10.1. The molecule has 7 heteroatoms. The highest BCUT2D eigenvalue weighted by molar-refractivity contribution is 7.71. The van der Waals surface area contributed by atoms with Gasteiger partial charge in [0.15, 0.2) is 10.6 Å². The van der Waals surface area contributed by atoms with E-state index in [-0.39, 0.29) is 12.2 Å². The van der Waals surface area contributed by atoms with E-state index in [1.807, 2.05) is 32.0 Å². The molecule has 0 atom stereocenters. The predicted octanol–water partition coefficient (Wildman–Crippen LogP) is 4.30. The van der Waals surface area contributed by atoms with Gasteiger partial charge in [0.25, 0.3) is 5.78 Å². The topological polar surface area (TPSA) is 81.2 Å². The van der Waals surface area contributed by atoms with Crippen LogP contribution in [-0.4, -0.2) is 33.7 Å². The lowest BCUT2D eigenvalue weighted by Crippen LogP contribution is -2.24. The average molecular weight is 401 g/mol. The van der Waals surface area contributed by atoms with Gasteiger partial charge >= 0.3 is 5.97 Å². The Hall–Kier alpha value is -2.80. The number of H-pyrrole nitrogens is 1. The number of aromatic nitrogens is 2. The van der Waals surface area contributed by atoms with Crippen LogP contribution >= 0.6 is 12.2 Å². The molecule has 1 N–H and O–H groups in total. The molecule has 2 rings (SSSR count). The summed E-state index contributed by atoms with van der Waals surface area (Å²) >= 11 is 5.34. The van der Waals surface area contributed by atoms with Crippen LogP contribution in [0.4, 0.5) is 0 Å². The van der Waals surface area contributed by atoms with Crippen molar-refractivity contribution in [1.82, 2.24) is 9.55 Å². The largest absolute Gasteiger partial charge is 0.460 e. The third-order valence-corrected chi connectivity index (χ3v) is 4.28. The van der Waals surface area contributed by atoms with Gasteiger partial charge in [0.1, 0.15) is 0 Å². The number of aryl methyl sites for hydroxylation is 1. The van der Waals surface area contributed by atoms with Gasteiger partial charge in [0.05, 0.1) is 23.2 Å². The first-order valence-electron chi connectivity index (χ1n) is 9.08. The number of benzene rings is 1. The molecule has 2 aromatic rings. The zero-order chi connectivity index (χ0) is 20.8. The highest BCUT2D eigenvalue weighted by Crippen LogP contribution is 2.18. The van der Waals surface area contributed by atoms with Gasteiger partial charge in [-0.05, 0) is 63.2 Å². The number of carbonyl (C=O) groups excluding carboxylic acids is 3. The van der Waals surface area contributed by atoms with Crippen LogP contribution in [-0.2, 0) is 19.1 Å². The zero-order valence-corrected chi connectivity index (χ0v) is 17.3. The van der Waals surface area contributed by atoms with Gasteiger partial charge in [-0.1, -0.05) is 25.0 Å². The summed E-state index contributed by atoms with van der Waals surface area (Å²) in [7, 11) is 0. The van der Waals surface area contributed by atoms with Crippen molar-refractivity contribution in [3.8, 4) is 0 Å². The molecule has 1 aromatic heterocycles. The number of carbonyl (C=O) groups is 3. The molecule has 28 heavy (non-hydrogen) atoms. The summed E-state index contributed by atoms with van der Waals surface area (Å²) in [6, 6.07) is 5.64. The van der Waals surface area contributed by atoms with Crippen LogP contribution in [0.2, 0.25) is 0 Å². The minimum Gasteiger partial charge on any atom is -0.460 e. The summed E-state index contributed by atoms with van der Waals surface area (Å²) in [5, 5.41) is 0. The Morgan fingerprint density at radius 3 is 2.61 bits per heavy atom. The molecule has 1 aromatic carbocycles. The molecule has 148 valence electrons. The molecule has 0 fully saturated rings. The van der Waals surface area contributed by atoms with E-state index in [0.29, 0.717) is 22.3 Å². The van der Waals surface area contributed by atoms with E-state index in [1.165, 1.54) is 16.8 Å². The smallest absolute Gasteiger partial charge is 0.379 e. The first kappa shape index (κ1) is 21.5. The number of imidazole rings is 1. The number of nitrogens with zero attached hydrogens (tertiary/aromatic N) is 1. The Morgan fingerprint density at radius 2 is 1.96 bits per heavy atom. The van der Waals surface area contributed by atoms with Crippen LogP contribution in [0, 0.1) is 11.7 Å². The first-order chi connectivity index (χ1) is 13.2. The highest BCUT2D eigenvalue weighted by Gasteiger charge is 2.26. The van der Waals surface area contributed by atoms with Gasteiger partial charge in [0.2, 0.25) is 0 Å². The highest BCUT2D eigenvalue weighted by atomic mass is 32.1. The second kappa shape index (κ2) is 9.41. The Kier molecular flexibility index (Phi) is 7.23. The van der Waals surface area contributed by atoms with E-state index >= 15 is 0 Å². The summed E-state index contributed by atoms with van der Waals surface area (Å²) < 4.78 is 6.82. The Balaban J connectivity index is 2.53. The molecule has 0 aliphatic carbocycles. The van der Waals surface area contributed by atoms with E-state index in [0.717, 1.165) is 17.5 Å². The fourth-order valence-electron chi connectivity index (χ4n) is 2.56. The van der Waals surface area contributed by atoms with Crippen LogP contribution in [0.3, 0.4) is 0 Å². The fraction of sp³-hybridized carbons (Fsp3) is 0.333. The number of unbranched alkanes of at least 4 members (excludes halogenated alkanes) is 1. The molecular weight excluding hydrogens is 376 g/mol. The lowest BCUT2D eigenvalue weighted by Gasteiger charge is -2.06. The zero-order valence-electron chi connectivity index (χ0n) is 16.5. The molecule has 1 heterocycles. The normalized spacial score (nSPS) is 11.4. The van der Waals surface area contributed by atoms with Crippen LogP contribution in [0.15, 0.2) is 35.4 Å². The minimum atomic E-state index is -1.04. The van der Waals surface area contributed by atoms with Gasteiger partial charge < -0.3 is 9.72 Å². The summed E-state index contributed by atoms with van der Waals surface area (Å²) in [4.78, 5) is 40.4. The van der Waals surface area contributed by atoms with Crippen LogP contribution in [0.1, 0.15) is 39.2 Å². The van der Waals surface area contributed by atoms with E-state index in [4.69, 9.17) is 17.0 Å². The van der Waals surface area contributed by atoms with Crippen molar-refractivity contribution in [1.29, 1.82) is 0 Å². The molecule has 0 aliphatic rings. The third-order valence-electron chi connectivity index (χ3n) is 3.98. The van der Waals surface area contributed by atoms with Crippen molar-refractivity contribution in [2.24, 2.45) is 0 Å². The van der Waals surface area contributed by atoms with Gasteiger partial charge in [-0.15, -0.1) is 0 Å². The second-order valence-electron chi connectivity index (χ2n) is 6.77. The van der Waals surface area contributed by atoms with Crippen molar-refractivity contribution >= 4 is 47.0 Å². The number of fused-ring (bicyclic) bond motifs is 1. The monoisotopic (exact) mass is 400 g/mol. The summed E-state index contributed by atoms with van der Waals surface area (Å²) in [6.45, 7) is 7.50. The maximum Gasteiger partial charge on any atom is 0.379 e. The molecule has 0 spiro atoms. The molecule has 6 nitrogen and oxygen atoms in total. The molecular formula is C21H24N2O4S. The van der Waals surface area contributed by atoms with Crippen molar-refractivity contribution < 1.29 is 19.1 Å². The standard InChI is InChI=1S/C21H24N2O4S/c1-5-6-9-27-20(26)19(25)15(18(24)10-13(2)3)12-23-17-8-7-14(4)11-16(17)22-21(23)28/h7-8,10-12H,5-6,9H2,1-4H3,(H,22,28)/b15-12-. The van der Waals surface area contributed by atoms with Gasteiger partial charge in [-0.25, -0.2) is 4.79 Å². The predicted molar refractivity (Wildman–Crippen MR) is 111 cm³/mol. The lowest BCUT2D eigenvalue weighted by molar-refractivity contribution is -0.152. The van der Waals surface area contributed by atoms with Gasteiger partial charge in [0, 0.05) is 6.20 Å². The maximum absolute atomic E-state index is 12.6. The summed E-state index contributed by atoms with van der Waals surface area (Å²) in [5.41, 5.74) is 2.93. The van der Waals surface area contributed by atoms with E-state index in [9.17, 15) is 14.4 Å². The first-order valence-corrected chi connectivity index (χ1v) is 9.48. The van der Waals surface area contributed by atoms with Gasteiger partial charge in [-0.2, -0.15) is 0 Å². The van der Waals surface area contributed by atoms with E-state index in [1.54, 1.807) is 13.8 Å². The van der Waals surface area contributed by atoms with Crippen LogP contribution < -0.4 is 0 Å². The quantitative estimate of drug-likeness (QED) is 0.136. The SMILES string of the molecule is CCCCOC(=O)C(=O)/C(=C\n1c(=S)[nH]c2cc(C)ccc21)C(=O)C=C(C)C. The molecule has 0 saturated carbocycles. The second-order valence-corrected chi connectivity index (χ2v) is 7.15. The number of rotatable bonds is 8. The minimum absolute atomic E-state index is 0.136. The molecule has 0 bridgehead atoms. The van der Waals surface area contributed by atoms with E-state index < -0.39 is 17.5 Å². The van der Waals surface area contributed by atoms with Crippen molar-refractivity contribution in [2.45, 2.75) is 40.5 Å². The Labute approximate surface area is 168 Å². The number of nitrogens with one attached hydrogen (secondary N) is 1. The number of ketones is 2. The van der Waals surface area contributed by atoms with Gasteiger partial charge in [-0.3, -0.25) is 14.2 Å². The number of esters is 1. The molecule has 0 amide bonds. The number of allylic oxidation sites excluding steroid dienone is 2. The van der Waals surface area contributed by atoms with Crippen LogP contribution in [0.5, 0.6) is 0 Å². The number of aromatic amines is 1.